The summed E-state index contributed by atoms with van der Waals surface area (Å²) < 4.78 is 11.4. The second-order valence-corrected chi connectivity index (χ2v) is 4.57. The Labute approximate surface area is 113 Å². The van der Waals surface area contributed by atoms with Crippen molar-refractivity contribution in [2.45, 2.75) is 26.6 Å². The van der Waals surface area contributed by atoms with E-state index in [9.17, 15) is 5.11 Å². The van der Waals surface area contributed by atoms with E-state index in [1.165, 1.54) is 0 Å². The minimum atomic E-state index is -0.0821. The first-order valence-corrected chi connectivity index (χ1v) is 6.35. The van der Waals surface area contributed by atoms with Gasteiger partial charge in [0.05, 0.1) is 6.61 Å². The van der Waals surface area contributed by atoms with Gasteiger partial charge in [-0.2, -0.15) is 4.98 Å². The third-order valence-corrected chi connectivity index (χ3v) is 2.86. The molecule has 1 aromatic heterocycles. The lowest BCUT2D eigenvalue weighted by Crippen LogP contribution is -2.00. The van der Waals surface area contributed by atoms with Gasteiger partial charge in [-0.15, -0.1) is 0 Å². The molecule has 0 saturated heterocycles. The first kappa shape index (κ1) is 13.0. The highest BCUT2D eigenvalue weighted by atomic mass is 79.9. The molecule has 0 aliphatic carbocycles. The smallest absolute Gasteiger partial charge is 0.226 e. The Morgan fingerprint density at radius 1 is 1.44 bits per heavy atom. The number of aliphatic hydroxyl groups excluding tert-OH is 1. The molecule has 0 bridgehead atoms. The summed E-state index contributed by atoms with van der Waals surface area (Å²) in [5.74, 6) is 1.70. The van der Waals surface area contributed by atoms with Crippen molar-refractivity contribution in [3.63, 3.8) is 0 Å². The Morgan fingerprint density at radius 2 is 2.28 bits per heavy atom. The molecule has 0 spiro atoms. The molecule has 0 aliphatic rings. The van der Waals surface area contributed by atoms with Crippen molar-refractivity contribution in [2.75, 3.05) is 0 Å². The molecule has 0 saturated carbocycles. The molecule has 96 valence electrons. The van der Waals surface area contributed by atoms with Gasteiger partial charge in [-0.05, 0) is 18.2 Å². The molecule has 5 nitrogen and oxygen atoms in total. The van der Waals surface area contributed by atoms with Crippen LogP contribution < -0.4 is 4.74 Å². The number of hydrogen-bond donors (Lipinski definition) is 1. The standard InChI is InChI=1S/C12H13BrN2O3/c1-2-12-14-11(15-18-12)7-17-10-4-3-9(13)5-8(10)6-16/h3-5,16H,2,6-7H2,1H3. The van der Waals surface area contributed by atoms with Crippen molar-refractivity contribution in [3.8, 4) is 5.75 Å². The highest BCUT2D eigenvalue weighted by molar-refractivity contribution is 9.10. The maximum Gasteiger partial charge on any atom is 0.226 e. The van der Waals surface area contributed by atoms with E-state index in [-0.39, 0.29) is 13.2 Å². The molecule has 6 heteroatoms. The Morgan fingerprint density at radius 3 is 2.94 bits per heavy atom. The van der Waals surface area contributed by atoms with Crippen LogP contribution in [0, 0.1) is 0 Å². The summed E-state index contributed by atoms with van der Waals surface area (Å²) in [6.07, 6.45) is 0.702. The third-order valence-electron chi connectivity index (χ3n) is 2.36. The lowest BCUT2D eigenvalue weighted by Gasteiger charge is -2.08. The van der Waals surface area contributed by atoms with Crippen molar-refractivity contribution in [1.82, 2.24) is 10.1 Å². The van der Waals surface area contributed by atoms with Crippen LogP contribution in [0.15, 0.2) is 27.2 Å². The molecular weight excluding hydrogens is 300 g/mol. The number of rotatable bonds is 5. The van der Waals surface area contributed by atoms with E-state index in [1.807, 2.05) is 19.1 Å². The fourth-order valence-corrected chi connectivity index (χ4v) is 1.86. The molecule has 0 unspecified atom stereocenters. The summed E-state index contributed by atoms with van der Waals surface area (Å²) in [6, 6.07) is 5.45. The second kappa shape index (κ2) is 5.97. The van der Waals surface area contributed by atoms with Crippen LogP contribution in [0.4, 0.5) is 0 Å². The Balaban J connectivity index is 2.05. The average Bonchev–Trinajstić information content (AvgIpc) is 2.85. The lowest BCUT2D eigenvalue weighted by molar-refractivity contribution is 0.252. The van der Waals surface area contributed by atoms with Crippen LogP contribution in [-0.4, -0.2) is 15.2 Å². The monoisotopic (exact) mass is 312 g/mol. The van der Waals surface area contributed by atoms with Crippen LogP contribution in [0.5, 0.6) is 5.75 Å². The van der Waals surface area contributed by atoms with Gasteiger partial charge in [0.2, 0.25) is 11.7 Å². The summed E-state index contributed by atoms with van der Waals surface area (Å²) in [5, 5.41) is 13.0. The van der Waals surface area contributed by atoms with Crippen molar-refractivity contribution in [3.05, 3.63) is 40.0 Å². The van der Waals surface area contributed by atoms with Crippen LogP contribution >= 0.6 is 15.9 Å². The van der Waals surface area contributed by atoms with Gasteiger partial charge < -0.3 is 14.4 Å². The van der Waals surface area contributed by atoms with Crippen molar-refractivity contribution in [1.29, 1.82) is 0 Å². The number of aromatic nitrogens is 2. The molecule has 0 amide bonds. The van der Waals surface area contributed by atoms with Crippen LogP contribution in [-0.2, 0) is 19.6 Å². The molecule has 18 heavy (non-hydrogen) atoms. The Kier molecular flexibility index (Phi) is 4.33. The fraction of sp³-hybridized carbons (Fsp3) is 0.333. The van der Waals surface area contributed by atoms with Gasteiger partial charge in [-0.25, -0.2) is 0 Å². The average molecular weight is 313 g/mol. The molecule has 2 rings (SSSR count). The van der Waals surface area contributed by atoms with E-state index >= 15 is 0 Å². The number of ether oxygens (including phenoxy) is 1. The van der Waals surface area contributed by atoms with Gasteiger partial charge in [-0.1, -0.05) is 28.0 Å². The topological polar surface area (TPSA) is 68.4 Å². The zero-order valence-corrected chi connectivity index (χ0v) is 11.5. The molecule has 0 aliphatic heterocycles. The number of benzene rings is 1. The zero-order valence-electron chi connectivity index (χ0n) is 9.89. The molecule has 1 aromatic carbocycles. The van der Waals surface area contributed by atoms with E-state index in [0.29, 0.717) is 29.4 Å². The van der Waals surface area contributed by atoms with Gasteiger partial charge in [0, 0.05) is 16.5 Å². The maximum atomic E-state index is 9.23. The van der Waals surface area contributed by atoms with Gasteiger partial charge >= 0.3 is 0 Å². The highest BCUT2D eigenvalue weighted by Gasteiger charge is 2.08. The first-order chi connectivity index (χ1) is 8.72. The SMILES string of the molecule is CCc1nc(COc2ccc(Br)cc2CO)no1. The molecule has 0 radical (unpaired) electrons. The summed E-state index contributed by atoms with van der Waals surface area (Å²) >= 11 is 3.34. The molecule has 2 aromatic rings. The number of nitrogens with zero attached hydrogens (tertiary/aromatic N) is 2. The number of aryl methyl sites for hydroxylation is 1. The third kappa shape index (κ3) is 3.08. The lowest BCUT2D eigenvalue weighted by atomic mass is 10.2. The van der Waals surface area contributed by atoms with E-state index in [4.69, 9.17) is 9.26 Å². The minimum Gasteiger partial charge on any atom is -0.485 e. The molecular formula is C12H13BrN2O3. The minimum absolute atomic E-state index is 0.0821. The predicted octanol–water partition coefficient (Wildman–Crippen LogP) is 2.47. The van der Waals surface area contributed by atoms with Gasteiger partial charge in [0.1, 0.15) is 5.75 Å². The molecule has 0 fully saturated rings. The predicted molar refractivity (Wildman–Crippen MR) is 68.1 cm³/mol. The van der Waals surface area contributed by atoms with Crippen LogP contribution in [0.3, 0.4) is 0 Å². The van der Waals surface area contributed by atoms with Crippen molar-refractivity contribution in [2.24, 2.45) is 0 Å². The Bertz CT molecular complexity index is 528. The quantitative estimate of drug-likeness (QED) is 0.918. The fourth-order valence-electron chi connectivity index (χ4n) is 1.45. The number of halogens is 1. The summed E-state index contributed by atoms with van der Waals surface area (Å²) in [4.78, 5) is 4.14. The van der Waals surface area contributed by atoms with E-state index < -0.39 is 0 Å². The number of hydrogen-bond acceptors (Lipinski definition) is 5. The van der Waals surface area contributed by atoms with E-state index in [0.717, 1.165) is 4.47 Å². The second-order valence-electron chi connectivity index (χ2n) is 3.66. The Hall–Kier alpha value is -1.40. The normalized spacial score (nSPS) is 10.6. The van der Waals surface area contributed by atoms with Crippen LogP contribution in [0.1, 0.15) is 24.2 Å². The highest BCUT2D eigenvalue weighted by Crippen LogP contribution is 2.23. The largest absolute Gasteiger partial charge is 0.485 e. The number of aliphatic hydroxyl groups is 1. The maximum absolute atomic E-state index is 9.23. The summed E-state index contributed by atoms with van der Waals surface area (Å²) in [5.41, 5.74) is 0.712. The van der Waals surface area contributed by atoms with Gasteiger partial charge in [0.15, 0.2) is 6.61 Å². The van der Waals surface area contributed by atoms with Crippen LogP contribution in [0.25, 0.3) is 0 Å². The summed E-state index contributed by atoms with van der Waals surface area (Å²) in [7, 11) is 0. The first-order valence-electron chi connectivity index (χ1n) is 5.56. The molecule has 1 N–H and O–H groups in total. The van der Waals surface area contributed by atoms with Crippen molar-refractivity contribution < 1.29 is 14.4 Å². The summed E-state index contributed by atoms with van der Waals surface area (Å²) in [6.45, 7) is 2.08. The molecule has 1 heterocycles. The van der Waals surface area contributed by atoms with Crippen molar-refractivity contribution >= 4 is 15.9 Å². The van der Waals surface area contributed by atoms with Gasteiger partial charge in [-0.3, -0.25) is 0 Å². The zero-order chi connectivity index (χ0) is 13.0. The van der Waals surface area contributed by atoms with Crippen LogP contribution in [0.2, 0.25) is 0 Å². The van der Waals surface area contributed by atoms with Gasteiger partial charge in [0.25, 0.3) is 0 Å². The van der Waals surface area contributed by atoms with E-state index in [1.54, 1.807) is 6.07 Å². The molecule has 0 atom stereocenters. The van der Waals surface area contributed by atoms with E-state index in [2.05, 4.69) is 26.1 Å².